The average Bonchev–Trinajstić information content (AvgIpc) is 2.86. The summed E-state index contributed by atoms with van der Waals surface area (Å²) in [5.74, 6) is 0.742. The highest BCUT2D eigenvalue weighted by Crippen LogP contribution is 2.29. The van der Waals surface area contributed by atoms with E-state index in [2.05, 4.69) is 25.9 Å². The van der Waals surface area contributed by atoms with Crippen LogP contribution in [0.1, 0.15) is 39.0 Å². The Morgan fingerprint density at radius 2 is 1.95 bits per heavy atom. The van der Waals surface area contributed by atoms with Crippen LogP contribution in [0.25, 0.3) is 17.4 Å². The van der Waals surface area contributed by atoms with E-state index in [0.717, 1.165) is 22.6 Å². The number of hydrogen-bond donors (Lipinski definition) is 0. The quantitative estimate of drug-likeness (QED) is 0.783. The number of ketones is 1. The molecule has 3 nitrogen and oxygen atoms in total. The second-order valence-electron chi connectivity index (χ2n) is 5.86. The van der Waals surface area contributed by atoms with Crippen LogP contribution in [-0.2, 0) is 10.2 Å². The third kappa shape index (κ3) is 3.23. The molecule has 104 valence electrons. The standard InChI is InChI=1S/C17H19NO2/c1-12(19)9-10-13-7-5-6-8-14(13)15-11-16(18-20-15)17(2,3)4/h5-11H,1-4H3/b10-9+. The van der Waals surface area contributed by atoms with E-state index in [9.17, 15) is 4.79 Å². The zero-order valence-electron chi connectivity index (χ0n) is 12.3. The van der Waals surface area contributed by atoms with E-state index in [0.29, 0.717) is 0 Å². The Bertz CT molecular complexity index is 645. The molecule has 0 aliphatic carbocycles. The Hall–Kier alpha value is -2.16. The van der Waals surface area contributed by atoms with Gasteiger partial charge in [0, 0.05) is 17.0 Å². The third-order valence-electron chi connectivity index (χ3n) is 3.00. The highest BCUT2D eigenvalue weighted by atomic mass is 16.5. The van der Waals surface area contributed by atoms with Crippen molar-refractivity contribution in [1.82, 2.24) is 5.16 Å². The van der Waals surface area contributed by atoms with Gasteiger partial charge in [0.05, 0.1) is 5.69 Å². The fraction of sp³-hybridized carbons (Fsp3) is 0.294. The van der Waals surface area contributed by atoms with Crippen LogP contribution in [0.2, 0.25) is 0 Å². The minimum atomic E-state index is -0.0497. The van der Waals surface area contributed by atoms with Crippen molar-refractivity contribution in [3.05, 3.63) is 47.7 Å². The molecule has 0 amide bonds. The Labute approximate surface area is 119 Å². The molecule has 0 radical (unpaired) electrons. The SMILES string of the molecule is CC(=O)/C=C/c1ccccc1-c1cc(C(C)(C)C)no1. The first-order valence-corrected chi connectivity index (χ1v) is 6.63. The summed E-state index contributed by atoms with van der Waals surface area (Å²) in [4.78, 5) is 11.1. The molecule has 0 fully saturated rings. The molecule has 0 bridgehead atoms. The molecule has 0 saturated carbocycles. The molecule has 0 aliphatic rings. The Morgan fingerprint density at radius 3 is 2.55 bits per heavy atom. The fourth-order valence-electron chi connectivity index (χ4n) is 1.83. The van der Waals surface area contributed by atoms with Crippen molar-refractivity contribution in [3.63, 3.8) is 0 Å². The average molecular weight is 269 g/mol. The lowest BCUT2D eigenvalue weighted by Gasteiger charge is -2.12. The summed E-state index contributed by atoms with van der Waals surface area (Å²) in [6.07, 6.45) is 3.36. The summed E-state index contributed by atoms with van der Waals surface area (Å²) in [6.45, 7) is 7.81. The zero-order chi connectivity index (χ0) is 14.8. The second kappa shape index (κ2) is 5.45. The monoisotopic (exact) mass is 269 g/mol. The van der Waals surface area contributed by atoms with Gasteiger partial charge in [-0.15, -0.1) is 0 Å². The molecule has 1 aromatic carbocycles. The molecule has 0 unspecified atom stereocenters. The Morgan fingerprint density at radius 1 is 1.25 bits per heavy atom. The maximum atomic E-state index is 11.1. The van der Waals surface area contributed by atoms with Gasteiger partial charge in [-0.2, -0.15) is 0 Å². The molecule has 0 aliphatic heterocycles. The number of aromatic nitrogens is 1. The first-order valence-electron chi connectivity index (χ1n) is 6.63. The smallest absolute Gasteiger partial charge is 0.167 e. The summed E-state index contributed by atoms with van der Waals surface area (Å²) >= 11 is 0. The van der Waals surface area contributed by atoms with Gasteiger partial charge in [-0.1, -0.05) is 56.3 Å². The summed E-state index contributed by atoms with van der Waals surface area (Å²) in [6, 6.07) is 9.76. The van der Waals surface area contributed by atoms with E-state index in [-0.39, 0.29) is 11.2 Å². The van der Waals surface area contributed by atoms with Crippen molar-refractivity contribution in [2.24, 2.45) is 0 Å². The van der Waals surface area contributed by atoms with Crippen LogP contribution >= 0.6 is 0 Å². The molecule has 0 atom stereocenters. The van der Waals surface area contributed by atoms with E-state index in [1.165, 1.54) is 6.92 Å². The lowest BCUT2D eigenvalue weighted by atomic mass is 9.91. The number of hydrogen-bond acceptors (Lipinski definition) is 3. The minimum Gasteiger partial charge on any atom is -0.356 e. The van der Waals surface area contributed by atoms with Crippen molar-refractivity contribution in [2.75, 3.05) is 0 Å². The van der Waals surface area contributed by atoms with Crippen LogP contribution in [0.5, 0.6) is 0 Å². The number of allylic oxidation sites excluding steroid dienone is 1. The van der Waals surface area contributed by atoms with Gasteiger partial charge in [0.2, 0.25) is 0 Å². The van der Waals surface area contributed by atoms with Crippen LogP contribution in [-0.4, -0.2) is 10.9 Å². The maximum absolute atomic E-state index is 11.1. The van der Waals surface area contributed by atoms with E-state index < -0.39 is 0 Å². The molecule has 20 heavy (non-hydrogen) atoms. The molecule has 1 heterocycles. The Balaban J connectivity index is 2.43. The fourth-order valence-corrected chi connectivity index (χ4v) is 1.83. The van der Waals surface area contributed by atoms with Crippen LogP contribution in [0, 0.1) is 0 Å². The normalized spacial score (nSPS) is 12.0. The van der Waals surface area contributed by atoms with E-state index in [1.54, 1.807) is 12.2 Å². The molecule has 2 aromatic rings. The number of benzene rings is 1. The van der Waals surface area contributed by atoms with Crippen LogP contribution < -0.4 is 0 Å². The first kappa shape index (κ1) is 14.3. The van der Waals surface area contributed by atoms with E-state index in [1.807, 2.05) is 30.3 Å². The molecule has 1 aromatic heterocycles. The predicted octanol–water partition coefficient (Wildman–Crippen LogP) is 4.24. The number of rotatable bonds is 3. The second-order valence-corrected chi connectivity index (χ2v) is 5.86. The minimum absolute atomic E-state index is 0.0211. The summed E-state index contributed by atoms with van der Waals surface area (Å²) in [5, 5.41) is 4.13. The molecule has 0 N–H and O–H groups in total. The third-order valence-corrected chi connectivity index (χ3v) is 3.00. The van der Waals surface area contributed by atoms with Crippen molar-refractivity contribution in [2.45, 2.75) is 33.1 Å². The van der Waals surface area contributed by atoms with Gasteiger partial charge in [-0.05, 0) is 18.6 Å². The van der Waals surface area contributed by atoms with Crippen LogP contribution in [0.3, 0.4) is 0 Å². The largest absolute Gasteiger partial charge is 0.356 e. The summed E-state index contributed by atoms with van der Waals surface area (Å²) in [5.41, 5.74) is 2.75. The maximum Gasteiger partial charge on any atom is 0.167 e. The zero-order valence-corrected chi connectivity index (χ0v) is 12.3. The van der Waals surface area contributed by atoms with Gasteiger partial charge in [0.25, 0.3) is 0 Å². The summed E-state index contributed by atoms with van der Waals surface area (Å²) < 4.78 is 5.46. The molecule has 0 saturated heterocycles. The van der Waals surface area contributed by atoms with Gasteiger partial charge in [0.1, 0.15) is 0 Å². The highest BCUT2D eigenvalue weighted by molar-refractivity contribution is 5.92. The number of nitrogens with zero attached hydrogens (tertiary/aromatic N) is 1. The van der Waals surface area contributed by atoms with Crippen LogP contribution in [0.15, 0.2) is 40.9 Å². The highest BCUT2D eigenvalue weighted by Gasteiger charge is 2.20. The molecule has 0 spiro atoms. The number of carbonyl (C=O) groups excluding carboxylic acids is 1. The van der Waals surface area contributed by atoms with Gasteiger partial charge in [-0.25, -0.2) is 0 Å². The lowest BCUT2D eigenvalue weighted by molar-refractivity contribution is -0.112. The van der Waals surface area contributed by atoms with Gasteiger partial charge < -0.3 is 4.52 Å². The van der Waals surface area contributed by atoms with Crippen LogP contribution in [0.4, 0.5) is 0 Å². The van der Waals surface area contributed by atoms with Crippen molar-refractivity contribution in [3.8, 4) is 11.3 Å². The predicted molar refractivity (Wildman–Crippen MR) is 80.4 cm³/mol. The molecular formula is C17H19NO2. The van der Waals surface area contributed by atoms with Crippen molar-refractivity contribution >= 4 is 11.9 Å². The molecular weight excluding hydrogens is 250 g/mol. The molecule has 2 rings (SSSR count). The van der Waals surface area contributed by atoms with Gasteiger partial charge >= 0.3 is 0 Å². The lowest BCUT2D eigenvalue weighted by Crippen LogP contribution is -2.10. The number of carbonyl (C=O) groups is 1. The summed E-state index contributed by atoms with van der Waals surface area (Å²) in [7, 11) is 0. The molecule has 3 heteroatoms. The topological polar surface area (TPSA) is 43.1 Å². The van der Waals surface area contributed by atoms with Crippen molar-refractivity contribution in [1.29, 1.82) is 0 Å². The van der Waals surface area contributed by atoms with Crippen molar-refractivity contribution < 1.29 is 9.32 Å². The van der Waals surface area contributed by atoms with Gasteiger partial charge in [0.15, 0.2) is 11.5 Å². The first-order chi connectivity index (χ1) is 9.38. The van der Waals surface area contributed by atoms with Gasteiger partial charge in [-0.3, -0.25) is 4.79 Å². The Kier molecular flexibility index (Phi) is 3.89. The van der Waals surface area contributed by atoms with E-state index in [4.69, 9.17) is 4.52 Å². The van der Waals surface area contributed by atoms with E-state index >= 15 is 0 Å².